The Morgan fingerprint density at radius 1 is 1.04 bits per heavy atom. The van der Waals surface area contributed by atoms with E-state index in [-0.39, 0.29) is 69.6 Å². The summed E-state index contributed by atoms with van der Waals surface area (Å²) in [6.45, 7) is 12.1. The van der Waals surface area contributed by atoms with Gasteiger partial charge in [0.05, 0.1) is 15.9 Å². The van der Waals surface area contributed by atoms with Gasteiger partial charge in [-0.3, -0.25) is 40.0 Å². The number of non-ortho nitro benzene ring substituents is 1. The van der Waals surface area contributed by atoms with E-state index in [4.69, 9.17) is 9.84 Å². The average Bonchev–Trinajstić information content (AvgIpc) is 3.36. The van der Waals surface area contributed by atoms with E-state index in [1.54, 1.807) is 0 Å². The first-order chi connectivity index (χ1) is 23.5. The Bertz CT molecular complexity index is 1610. The van der Waals surface area contributed by atoms with Crippen molar-refractivity contribution in [3.63, 3.8) is 0 Å². The number of allylic oxidation sites excluding steroid dienone is 1. The molecule has 1 aromatic rings. The molecule has 0 aromatic heterocycles. The van der Waals surface area contributed by atoms with Gasteiger partial charge in [0.2, 0.25) is 5.91 Å². The summed E-state index contributed by atoms with van der Waals surface area (Å²) in [7, 11) is 0. The van der Waals surface area contributed by atoms with Gasteiger partial charge in [0.15, 0.2) is 0 Å². The lowest BCUT2D eigenvalue weighted by Crippen LogP contribution is -2.51. The zero-order valence-electron chi connectivity index (χ0n) is 30.0. The van der Waals surface area contributed by atoms with Crippen molar-refractivity contribution < 1.29 is 29.0 Å². The number of Topliss-reactive ketones (excluding diaryl/α,β-unsaturated/α-hetero) is 1. The molecule has 1 amide bonds. The van der Waals surface area contributed by atoms with E-state index in [1.165, 1.54) is 31.6 Å². The summed E-state index contributed by atoms with van der Waals surface area (Å²) in [5.41, 5.74) is 4.07. The maximum Gasteiger partial charge on any atom is 0.302 e. The van der Waals surface area contributed by atoms with Crippen molar-refractivity contribution in [3.8, 4) is 0 Å². The third kappa shape index (κ3) is 7.32. The van der Waals surface area contributed by atoms with Gasteiger partial charge >= 0.3 is 11.7 Å². The van der Waals surface area contributed by atoms with E-state index in [0.717, 1.165) is 50.3 Å². The van der Waals surface area contributed by atoms with Gasteiger partial charge in [-0.2, -0.15) is 5.10 Å². The molecule has 0 spiro atoms. The molecule has 0 bridgehead atoms. The minimum Gasteiger partial charge on any atom is -0.462 e. The normalized spacial score (nSPS) is 32.0. The highest BCUT2D eigenvalue weighted by atomic mass is 16.6. The smallest absolute Gasteiger partial charge is 0.302 e. The first-order valence-corrected chi connectivity index (χ1v) is 17.9. The van der Waals surface area contributed by atoms with Crippen molar-refractivity contribution in [2.24, 2.45) is 51.4 Å². The fourth-order valence-corrected chi connectivity index (χ4v) is 10.0. The number of fused-ring (bicyclic) bond motifs is 5. The average molecular weight is 694 g/mol. The number of nitro groups is 2. The number of anilines is 1. The summed E-state index contributed by atoms with van der Waals surface area (Å²) in [4.78, 5) is 58.9. The third-order valence-corrected chi connectivity index (χ3v) is 12.6. The Balaban J connectivity index is 1.45. The summed E-state index contributed by atoms with van der Waals surface area (Å²) in [6, 6.07) is 3.45. The van der Waals surface area contributed by atoms with Gasteiger partial charge in [0.25, 0.3) is 5.69 Å². The zero-order valence-corrected chi connectivity index (χ0v) is 30.0. The number of hydrogen-bond acceptors (Lipinski definition) is 10. The van der Waals surface area contributed by atoms with E-state index in [9.17, 15) is 34.6 Å². The van der Waals surface area contributed by atoms with Crippen molar-refractivity contribution in [3.05, 3.63) is 50.1 Å². The molecule has 2 N–H and O–H groups in total. The van der Waals surface area contributed by atoms with Crippen LogP contribution >= 0.6 is 0 Å². The number of esters is 1. The van der Waals surface area contributed by atoms with Crippen LogP contribution in [-0.2, 0) is 19.1 Å². The summed E-state index contributed by atoms with van der Waals surface area (Å²) >= 11 is 0. The summed E-state index contributed by atoms with van der Waals surface area (Å²) in [5.74, 6) is 0.381. The number of nitrogens with one attached hydrogen (secondary N) is 2. The van der Waals surface area contributed by atoms with Crippen LogP contribution in [0.25, 0.3) is 0 Å². The topological polar surface area (TPSA) is 183 Å². The fraction of sp³-hybridized carbons (Fsp3) is 0.676. The number of carbonyl (C=O) groups is 3. The Labute approximate surface area is 293 Å². The number of nitro benzene ring substituents is 2. The van der Waals surface area contributed by atoms with Gasteiger partial charge in [-0.25, -0.2) is 0 Å². The second-order valence-corrected chi connectivity index (χ2v) is 15.7. The van der Waals surface area contributed by atoms with Crippen LogP contribution in [0.1, 0.15) is 99.3 Å². The Morgan fingerprint density at radius 2 is 1.78 bits per heavy atom. The predicted molar refractivity (Wildman–Crippen MR) is 188 cm³/mol. The molecular weight excluding hydrogens is 642 g/mol. The number of rotatable bonds is 12. The number of hydrogen-bond donors (Lipinski definition) is 2. The van der Waals surface area contributed by atoms with Crippen LogP contribution in [0.5, 0.6) is 0 Å². The van der Waals surface area contributed by atoms with Crippen molar-refractivity contribution in [1.82, 2.24) is 5.32 Å². The van der Waals surface area contributed by atoms with Crippen LogP contribution in [-0.4, -0.2) is 45.9 Å². The van der Waals surface area contributed by atoms with Crippen LogP contribution in [0.15, 0.2) is 34.9 Å². The van der Waals surface area contributed by atoms with E-state index in [1.807, 2.05) is 13.8 Å². The summed E-state index contributed by atoms with van der Waals surface area (Å²) < 4.78 is 5.62. The van der Waals surface area contributed by atoms with Crippen LogP contribution < -0.4 is 10.7 Å². The SMILES string of the molecule is CC(=O)NC[C@@H](C)CCC(=O)[C@@H](C)[C@H]1/C(=N/Nc2ccc([N+](=O)[O-])cc2[N+](=O)[O-])C[C@H]2[C@@H]3CC=C4C[C@@H](OC(C)=O)CC[C@]4(C)[C@H]3CC[C@]12C. The molecule has 0 unspecified atom stereocenters. The van der Waals surface area contributed by atoms with Crippen LogP contribution in [0.3, 0.4) is 0 Å². The van der Waals surface area contributed by atoms with Crippen LogP contribution in [0, 0.1) is 66.6 Å². The minimum atomic E-state index is -0.671. The monoisotopic (exact) mass is 693 g/mol. The van der Waals surface area contributed by atoms with E-state index >= 15 is 0 Å². The molecule has 13 nitrogen and oxygen atoms in total. The molecule has 1 aromatic carbocycles. The lowest BCUT2D eigenvalue weighted by molar-refractivity contribution is -0.393. The van der Waals surface area contributed by atoms with Crippen molar-refractivity contribution in [1.29, 1.82) is 0 Å². The molecule has 272 valence electrons. The third-order valence-electron chi connectivity index (χ3n) is 12.6. The molecular formula is C37H51N5O8. The van der Waals surface area contributed by atoms with E-state index < -0.39 is 15.5 Å². The molecule has 0 aliphatic heterocycles. The lowest BCUT2D eigenvalue weighted by atomic mass is 9.47. The molecule has 0 heterocycles. The first kappa shape index (κ1) is 37.1. The number of carbonyl (C=O) groups excluding carboxylic acids is 3. The lowest BCUT2D eigenvalue weighted by Gasteiger charge is -2.58. The second-order valence-electron chi connectivity index (χ2n) is 15.7. The number of ether oxygens (including phenoxy) is 1. The molecule has 4 aliphatic rings. The predicted octanol–water partition coefficient (Wildman–Crippen LogP) is 7.15. The standard InChI is InChI=1S/C37H51N5O8/c1-21(20-38-23(3)43)7-12-34(45)22(2)35-32(40-39-31-11-9-26(41(46)47)18-33(31)42(48)49)19-30-28-10-8-25-17-27(50-24(4)44)13-15-36(25,5)29(28)14-16-37(30,35)6/h8-9,11,18,21-22,27-30,35,39H,7,10,12-17,19-20H2,1-6H3,(H,38,43)/b40-32+/t21-,22+,27-,28+,29-,30-,35-,36-,37-/m0/s1. The summed E-state index contributed by atoms with van der Waals surface area (Å²) in [6.07, 6.45) is 9.28. The van der Waals surface area contributed by atoms with Gasteiger partial charge in [-0.05, 0) is 85.5 Å². The Kier molecular flexibility index (Phi) is 10.8. The van der Waals surface area contributed by atoms with Gasteiger partial charge in [0.1, 0.15) is 17.6 Å². The van der Waals surface area contributed by atoms with Gasteiger partial charge in [-0.15, -0.1) is 0 Å². The summed E-state index contributed by atoms with van der Waals surface area (Å²) in [5, 5.41) is 30.9. The number of benzene rings is 1. The van der Waals surface area contributed by atoms with Gasteiger partial charge in [-0.1, -0.05) is 39.3 Å². The maximum absolute atomic E-state index is 13.9. The number of ketones is 1. The van der Waals surface area contributed by atoms with Gasteiger partial charge in [0, 0.05) is 56.8 Å². The van der Waals surface area contributed by atoms with E-state index in [0.29, 0.717) is 37.6 Å². The highest BCUT2D eigenvalue weighted by molar-refractivity contribution is 5.96. The van der Waals surface area contributed by atoms with Gasteiger partial charge < -0.3 is 10.1 Å². The minimum absolute atomic E-state index is 0.000607. The Morgan fingerprint density at radius 3 is 2.44 bits per heavy atom. The fourth-order valence-electron chi connectivity index (χ4n) is 10.0. The first-order valence-electron chi connectivity index (χ1n) is 17.9. The Hall–Kier alpha value is -4.16. The maximum atomic E-state index is 13.9. The quantitative estimate of drug-likeness (QED) is 0.0993. The highest BCUT2D eigenvalue weighted by Gasteiger charge is 2.62. The van der Waals surface area contributed by atoms with E-state index in [2.05, 4.69) is 30.7 Å². The van der Waals surface area contributed by atoms with Crippen molar-refractivity contribution in [2.75, 3.05) is 12.0 Å². The largest absolute Gasteiger partial charge is 0.462 e. The molecule has 9 atom stereocenters. The highest BCUT2D eigenvalue weighted by Crippen LogP contribution is 2.66. The number of hydrazone groups is 1. The van der Waals surface area contributed by atoms with Crippen LogP contribution in [0.4, 0.5) is 17.1 Å². The van der Waals surface area contributed by atoms with Crippen LogP contribution in [0.2, 0.25) is 0 Å². The number of nitrogens with zero attached hydrogens (tertiary/aromatic N) is 3. The molecule has 0 saturated heterocycles. The molecule has 3 saturated carbocycles. The molecule has 0 radical (unpaired) electrons. The van der Waals surface area contributed by atoms with Crippen molar-refractivity contribution in [2.45, 2.75) is 105 Å². The second kappa shape index (κ2) is 14.6. The molecule has 4 aliphatic carbocycles. The molecule has 13 heteroatoms. The zero-order chi connectivity index (χ0) is 36.5. The molecule has 3 fully saturated rings. The number of amides is 1. The molecule has 50 heavy (non-hydrogen) atoms. The molecule has 5 rings (SSSR count). The van der Waals surface area contributed by atoms with Crippen molar-refractivity contribution >= 4 is 40.4 Å².